The van der Waals surface area contributed by atoms with Crippen LogP contribution in [-0.4, -0.2) is 58.1 Å². The van der Waals surface area contributed by atoms with Gasteiger partial charge in [-0.3, -0.25) is 10.2 Å². The van der Waals surface area contributed by atoms with Gasteiger partial charge < -0.3 is 10.0 Å². The molecule has 0 radical (unpaired) electrons. The van der Waals surface area contributed by atoms with Gasteiger partial charge in [-0.15, -0.1) is 0 Å². The van der Waals surface area contributed by atoms with Crippen LogP contribution in [0.1, 0.15) is 37.3 Å². The number of phenolic OH excluding ortho intramolecular Hbond substituents is 1. The van der Waals surface area contributed by atoms with Crippen molar-refractivity contribution < 1.29 is 14.3 Å². The Morgan fingerprint density at radius 1 is 1.32 bits per heavy atom. The zero-order valence-electron chi connectivity index (χ0n) is 19.4. The lowest BCUT2D eigenvalue weighted by Crippen LogP contribution is -2.68. The zero-order valence-corrected chi connectivity index (χ0v) is 20.2. The molecule has 3 aromatic rings. The maximum Gasteiger partial charge on any atom is 0.323 e. The smallest absolute Gasteiger partial charge is 0.323 e. The fraction of sp³-hybridized carbons (Fsp3) is 0.462. The number of hydrogen-bond acceptors (Lipinski definition) is 5. The molecule has 2 fully saturated rings. The van der Waals surface area contributed by atoms with Crippen LogP contribution < -0.4 is 5.32 Å². The van der Waals surface area contributed by atoms with Crippen molar-refractivity contribution in [3.05, 3.63) is 53.3 Å². The predicted octanol–water partition coefficient (Wildman–Crippen LogP) is 4.97. The second kappa shape index (κ2) is 7.92. The van der Waals surface area contributed by atoms with Gasteiger partial charge in [0.1, 0.15) is 11.6 Å². The highest BCUT2D eigenvalue weighted by Crippen LogP contribution is 2.48. The summed E-state index contributed by atoms with van der Waals surface area (Å²) in [5, 5.41) is 13.7. The average molecular weight is 481 g/mol. The summed E-state index contributed by atoms with van der Waals surface area (Å²) in [5.41, 5.74) is 2.70. The first-order chi connectivity index (χ1) is 16.3. The van der Waals surface area contributed by atoms with Crippen molar-refractivity contribution in [2.24, 2.45) is 5.92 Å². The van der Waals surface area contributed by atoms with Gasteiger partial charge in [0.2, 0.25) is 0 Å². The van der Waals surface area contributed by atoms with Crippen molar-refractivity contribution >= 4 is 32.7 Å². The summed E-state index contributed by atoms with van der Waals surface area (Å²) in [6.07, 6.45) is 4.38. The largest absolute Gasteiger partial charge is 0.508 e. The first-order valence-corrected chi connectivity index (χ1v) is 12.8. The van der Waals surface area contributed by atoms with Gasteiger partial charge >= 0.3 is 6.03 Å². The number of nitrogens with one attached hydrogen (secondary N) is 1. The van der Waals surface area contributed by atoms with Crippen LogP contribution in [0.25, 0.3) is 10.2 Å². The van der Waals surface area contributed by atoms with E-state index in [0.717, 1.165) is 42.1 Å². The van der Waals surface area contributed by atoms with Crippen LogP contribution in [0.4, 0.5) is 14.3 Å². The lowest BCUT2D eigenvalue weighted by Gasteiger charge is -2.58. The van der Waals surface area contributed by atoms with E-state index in [0.29, 0.717) is 10.6 Å². The molecular weight excluding hydrogens is 451 g/mol. The summed E-state index contributed by atoms with van der Waals surface area (Å²) in [6, 6.07) is 10.2. The lowest BCUT2D eigenvalue weighted by molar-refractivity contribution is 0.00456. The molecule has 0 spiro atoms. The summed E-state index contributed by atoms with van der Waals surface area (Å²) < 4.78 is 14.4. The van der Waals surface area contributed by atoms with Crippen LogP contribution >= 0.6 is 11.3 Å². The maximum absolute atomic E-state index is 13.6. The summed E-state index contributed by atoms with van der Waals surface area (Å²) >= 11 is 1.35. The quantitative estimate of drug-likeness (QED) is 0.553. The number of aromatic hydroxyl groups is 1. The van der Waals surface area contributed by atoms with Gasteiger partial charge in [-0.25, -0.2) is 14.2 Å². The number of rotatable bonds is 4. The SMILES string of the molecule is CN(C(=O)Nc1nc2cc(F)ccc2s1)[C@@H]1[C@H]2Cc3ccc(O)cc3[C@@]1(C)CCN2CC1CC1. The predicted molar refractivity (Wildman–Crippen MR) is 132 cm³/mol. The number of phenols is 1. The normalized spacial score (nSPS) is 26.3. The Balaban J connectivity index is 1.32. The van der Waals surface area contributed by atoms with Gasteiger partial charge in [0.05, 0.1) is 16.3 Å². The van der Waals surface area contributed by atoms with E-state index in [-0.39, 0.29) is 35.1 Å². The molecule has 2 bridgehead atoms. The molecule has 2 heterocycles. The standard InChI is InChI=1S/C26H29FN4O2S/c1-26-9-10-31(14-15-3-4-15)21(11-16-5-7-18(32)13-19(16)26)23(26)30(2)25(33)29-24-28-20-12-17(27)6-8-22(20)34-24/h5-8,12-13,15,21,23,32H,3-4,9-11,14H2,1-2H3,(H,28,29,33)/t21-,23-,26-/m1/s1. The number of halogens is 1. The Labute approximate surface area is 202 Å². The second-order valence-electron chi connectivity index (χ2n) is 10.3. The monoisotopic (exact) mass is 480 g/mol. The summed E-state index contributed by atoms with van der Waals surface area (Å²) in [7, 11) is 1.87. The number of likely N-dealkylation sites (tertiary alicyclic amines) is 1. The number of aromatic nitrogens is 1. The van der Waals surface area contributed by atoms with E-state index in [1.807, 2.05) is 24.1 Å². The minimum absolute atomic E-state index is 0.0406. The third kappa shape index (κ3) is 3.64. The highest BCUT2D eigenvalue weighted by molar-refractivity contribution is 7.22. The van der Waals surface area contributed by atoms with Crippen molar-refractivity contribution in [1.29, 1.82) is 0 Å². The number of hydrogen-bond donors (Lipinski definition) is 2. The number of anilines is 1. The Hall–Kier alpha value is -2.71. The molecule has 34 heavy (non-hydrogen) atoms. The summed E-state index contributed by atoms with van der Waals surface area (Å²) in [5.74, 6) is 0.702. The van der Waals surface area contributed by atoms with Crippen molar-refractivity contribution in [2.75, 3.05) is 25.5 Å². The molecule has 2 aromatic carbocycles. The Kier molecular flexibility index (Phi) is 5.08. The van der Waals surface area contributed by atoms with Gasteiger partial charge in [0.15, 0.2) is 5.13 Å². The van der Waals surface area contributed by atoms with E-state index >= 15 is 0 Å². The molecule has 6 nitrogen and oxygen atoms in total. The zero-order chi connectivity index (χ0) is 23.6. The number of piperidine rings is 1. The third-order valence-corrected chi connectivity index (χ3v) is 8.98. The molecule has 1 aromatic heterocycles. The van der Waals surface area contributed by atoms with E-state index < -0.39 is 0 Å². The molecule has 2 amide bonds. The molecule has 8 heteroatoms. The van der Waals surface area contributed by atoms with Crippen LogP contribution in [0.2, 0.25) is 0 Å². The number of amides is 2. The number of thiazole rings is 1. The number of nitrogens with zero attached hydrogens (tertiary/aromatic N) is 3. The molecule has 2 aliphatic carbocycles. The fourth-order valence-electron chi connectivity index (χ4n) is 6.15. The Morgan fingerprint density at radius 2 is 2.15 bits per heavy atom. The topological polar surface area (TPSA) is 68.7 Å². The minimum atomic E-state index is -0.339. The van der Waals surface area contributed by atoms with E-state index in [9.17, 15) is 14.3 Å². The number of urea groups is 1. The highest BCUT2D eigenvalue weighted by Gasteiger charge is 2.53. The van der Waals surface area contributed by atoms with Crippen molar-refractivity contribution in [3.63, 3.8) is 0 Å². The van der Waals surface area contributed by atoms with Crippen molar-refractivity contribution in [1.82, 2.24) is 14.8 Å². The van der Waals surface area contributed by atoms with Crippen LogP contribution in [0.15, 0.2) is 36.4 Å². The van der Waals surface area contributed by atoms with E-state index in [1.165, 1.54) is 41.9 Å². The molecule has 178 valence electrons. The molecule has 1 aliphatic heterocycles. The molecule has 3 aliphatic rings. The molecule has 1 saturated heterocycles. The lowest BCUT2D eigenvalue weighted by atomic mass is 9.61. The molecule has 6 rings (SSSR count). The molecule has 3 atom stereocenters. The highest BCUT2D eigenvalue weighted by atomic mass is 32.1. The number of fused-ring (bicyclic) bond motifs is 5. The first kappa shape index (κ1) is 21.8. The summed E-state index contributed by atoms with van der Waals surface area (Å²) in [4.78, 5) is 22.3. The molecule has 0 unspecified atom stereocenters. The van der Waals surface area contributed by atoms with Crippen molar-refractivity contribution in [3.8, 4) is 5.75 Å². The third-order valence-electron chi connectivity index (χ3n) is 8.03. The number of likely N-dealkylation sites (N-methyl/N-ethyl adjacent to an activating group) is 1. The molecule has 1 saturated carbocycles. The van der Waals surface area contributed by atoms with E-state index in [1.54, 1.807) is 12.1 Å². The van der Waals surface area contributed by atoms with Crippen LogP contribution in [0, 0.1) is 11.7 Å². The number of carbonyl (C=O) groups excluding carboxylic acids is 1. The maximum atomic E-state index is 13.6. The van der Waals surface area contributed by atoms with Gasteiger partial charge in [-0.1, -0.05) is 24.3 Å². The number of carbonyl (C=O) groups is 1. The molecular formula is C26H29FN4O2S. The van der Waals surface area contributed by atoms with Crippen LogP contribution in [0.3, 0.4) is 0 Å². The summed E-state index contributed by atoms with van der Waals surface area (Å²) in [6.45, 7) is 4.33. The minimum Gasteiger partial charge on any atom is -0.508 e. The van der Waals surface area contributed by atoms with Crippen molar-refractivity contribution in [2.45, 2.75) is 50.1 Å². The average Bonchev–Trinajstić information content (AvgIpc) is 3.53. The molecule has 2 N–H and O–H groups in total. The second-order valence-corrected chi connectivity index (χ2v) is 11.4. The number of benzene rings is 2. The van der Waals surface area contributed by atoms with E-state index in [4.69, 9.17) is 0 Å². The van der Waals surface area contributed by atoms with Gasteiger partial charge in [-0.2, -0.15) is 0 Å². The van der Waals surface area contributed by atoms with Gasteiger partial charge in [0, 0.05) is 31.1 Å². The first-order valence-electron chi connectivity index (χ1n) is 12.0. The fourth-order valence-corrected chi connectivity index (χ4v) is 6.99. The van der Waals surface area contributed by atoms with Gasteiger partial charge in [-0.05, 0) is 73.5 Å². The van der Waals surface area contributed by atoms with Crippen LogP contribution in [-0.2, 0) is 11.8 Å². The van der Waals surface area contributed by atoms with Gasteiger partial charge in [0.25, 0.3) is 0 Å². The Morgan fingerprint density at radius 3 is 2.94 bits per heavy atom. The van der Waals surface area contributed by atoms with Crippen LogP contribution in [0.5, 0.6) is 5.75 Å². The van der Waals surface area contributed by atoms with E-state index in [2.05, 4.69) is 22.1 Å². The Bertz CT molecular complexity index is 1270.